The fourth-order valence-electron chi connectivity index (χ4n) is 5.38. The first-order chi connectivity index (χ1) is 18.7. The summed E-state index contributed by atoms with van der Waals surface area (Å²) in [6.07, 6.45) is 5.23. The van der Waals surface area contributed by atoms with Gasteiger partial charge in [0.1, 0.15) is 29.9 Å². The lowest BCUT2D eigenvalue weighted by Crippen LogP contribution is -2.64. The highest BCUT2D eigenvalue weighted by molar-refractivity contribution is 7.99. The van der Waals surface area contributed by atoms with Crippen LogP contribution in [0, 0.1) is 5.92 Å². The molecule has 2 saturated heterocycles. The molecular weight excluding hydrogens is 516 g/mol. The molecule has 1 aromatic rings. The Labute approximate surface area is 236 Å². The molecule has 0 radical (unpaired) electrons. The minimum Gasteiger partial charge on any atom is -0.388 e. The third kappa shape index (κ3) is 8.15. The van der Waals surface area contributed by atoms with Crippen molar-refractivity contribution < 1.29 is 24.9 Å². The van der Waals surface area contributed by atoms with Gasteiger partial charge in [-0.25, -0.2) is 0 Å². The van der Waals surface area contributed by atoms with Crippen LogP contribution in [0.25, 0.3) is 5.57 Å². The van der Waals surface area contributed by atoms with Crippen molar-refractivity contribution in [3.63, 3.8) is 0 Å². The van der Waals surface area contributed by atoms with E-state index in [2.05, 4.69) is 34.2 Å². The van der Waals surface area contributed by atoms with Gasteiger partial charge >= 0.3 is 0 Å². The average Bonchev–Trinajstić information content (AvgIpc) is 3.30. The molecule has 216 valence electrons. The van der Waals surface area contributed by atoms with Gasteiger partial charge in [-0.3, -0.25) is 14.7 Å². The lowest BCUT2D eigenvalue weighted by atomic mass is 9.94. The Kier molecular flexibility index (Phi) is 12.0. The van der Waals surface area contributed by atoms with Gasteiger partial charge in [-0.2, -0.15) is 0 Å². The number of anilines is 1. The molecule has 0 saturated carbocycles. The number of hydrogen-bond donors (Lipinski definition) is 5. The molecule has 1 amide bonds. The van der Waals surface area contributed by atoms with Gasteiger partial charge in [0.15, 0.2) is 0 Å². The van der Waals surface area contributed by atoms with Crippen LogP contribution in [0.3, 0.4) is 0 Å². The van der Waals surface area contributed by atoms with Crippen LogP contribution in [0.2, 0.25) is 0 Å². The van der Waals surface area contributed by atoms with Crippen molar-refractivity contribution >= 4 is 35.6 Å². The van der Waals surface area contributed by atoms with Crippen LogP contribution in [0.1, 0.15) is 38.7 Å². The number of benzene rings is 1. The van der Waals surface area contributed by atoms with E-state index < -0.39 is 35.9 Å². The van der Waals surface area contributed by atoms with Gasteiger partial charge < -0.3 is 30.7 Å². The molecule has 0 aromatic heterocycles. The number of hydrogen-bond acceptors (Lipinski definition) is 9. The fraction of sp³-hybridized carbons (Fsp3) is 0.586. The summed E-state index contributed by atoms with van der Waals surface area (Å²) >= 11 is 1.25. The van der Waals surface area contributed by atoms with E-state index in [1.54, 1.807) is 12.5 Å². The molecule has 2 aliphatic rings. The van der Waals surface area contributed by atoms with Gasteiger partial charge in [0.25, 0.3) is 0 Å². The standard InChI is InChI=1S/C29H44N4O5S/c1-6-8-19-15-23(33(4)17-19)28(37)32-22(27-25(35)24(34)26(36)29(38-27)39-5)16-31-21-12-10-20(11-13-21)18(2)9-7-14-30-3/h7,9-14,19,22-27,29,31,34-36H,3,6,8,15-17H2,1-2,4-5H3,(H,32,37)/b14-7-,18-9+/t19-,22-,23+,24?,25?,26-,27-,29?/m1/s1. The number of likely N-dealkylation sites (tertiary alicyclic amines) is 1. The Morgan fingerprint density at radius 1 is 1.26 bits per heavy atom. The summed E-state index contributed by atoms with van der Waals surface area (Å²) in [5.74, 6) is 0.347. The quantitative estimate of drug-likeness (QED) is 0.195. The van der Waals surface area contributed by atoms with Gasteiger partial charge in [-0.05, 0) is 75.0 Å². The van der Waals surface area contributed by atoms with Gasteiger partial charge in [-0.1, -0.05) is 31.6 Å². The van der Waals surface area contributed by atoms with E-state index in [-0.39, 0.29) is 18.5 Å². The van der Waals surface area contributed by atoms with Crippen LogP contribution in [0.5, 0.6) is 0 Å². The molecule has 2 heterocycles. The second-order valence-corrected chi connectivity index (χ2v) is 11.4. The number of ether oxygens (including phenoxy) is 1. The third-order valence-electron chi connectivity index (χ3n) is 7.60. The summed E-state index contributed by atoms with van der Waals surface area (Å²) in [4.78, 5) is 19.2. The Morgan fingerprint density at radius 2 is 1.97 bits per heavy atom. The van der Waals surface area contributed by atoms with Gasteiger partial charge in [-0.15, -0.1) is 11.8 Å². The molecule has 3 unspecified atom stereocenters. The van der Waals surface area contributed by atoms with Crippen molar-refractivity contribution in [2.45, 2.75) is 75.0 Å². The maximum absolute atomic E-state index is 13.4. The second kappa shape index (κ2) is 15.0. The summed E-state index contributed by atoms with van der Waals surface area (Å²) in [5, 5.41) is 38.2. The fourth-order valence-corrected chi connectivity index (χ4v) is 6.06. The molecule has 2 fully saturated rings. The zero-order valence-corrected chi connectivity index (χ0v) is 24.2. The van der Waals surface area contributed by atoms with Crippen LogP contribution in [-0.2, 0) is 9.53 Å². The van der Waals surface area contributed by atoms with Gasteiger partial charge in [0, 0.05) is 25.0 Å². The first-order valence-corrected chi connectivity index (χ1v) is 14.9. The molecule has 0 spiro atoms. The van der Waals surface area contributed by atoms with E-state index >= 15 is 0 Å². The summed E-state index contributed by atoms with van der Waals surface area (Å²) in [5.41, 5.74) is 2.23. The van der Waals surface area contributed by atoms with Crippen LogP contribution in [0.4, 0.5) is 5.69 Å². The monoisotopic (exact) mass is 560 g/mol. The molecule has 1 aromatic carbocycles. The SMILES string of the molecule is C=N/C=C\C=C(/C)c1ccc(NC[C@@H](NC(=O)[C@@H]2C[C@@H](CCC)CN2C)[C@H]2OC(SC)[C@H](O)C(O)C2O)cc1. The Balaban J connectivity index is 1.76. The molecule has 9 nitrogen and oxygen atoms in total. The zero-order chi connectivity index (χ0) is 28.5. The van der Waals surface area contributed by atoms with Crippen molar-refractivity contribution in [2.75, 3.05) is 31.7 Å². The Bertz CT molecular complexity index is 1000. The largest absolute Gasteiger partial charge is 0.388 e. The van der Waals surface area contributed by atoms with Crippen molar-refractivity contribution in [1.82, 2.24) is 10.2 Å². The van der Waals surface area contributed by atoms with Crippen LogP contribution < -0.4 is 10.6 Å². The molecule has 8 atom stereocenters. The van der Waals surface area contributed by atoms with Crippen molar-refractivity contribution in [2.24, 2.45) is 10.9 Å². The molecule has 2 aliphatic heterocycles. The highest BCUT2D eigenvalue weighted by Gasteiger charge is 2.47. The number of carbonyl (C=O) groups excluding carboxylic acids is 1. The summed E-state index contributed by atoms with van der Waals surface area (Å²) in [6.45, 7) is 8.72. The predicted octanol–water partition coefficient (Wildman–Crippen LogP) is 2.49. The smallest absolute Gasteiger partial charge is 0.237 e. The Hall–Kier alpha value is -2.21. The van der Waals surface area contributed by atoms with Gasteiger partial charge in [0.2, 0.25) is 5.91 Å². The van der Waals surface area contributed by atoms with E-state index in [1.165, 1.54) is 11.8 Å². The van der Waals surface area contributed by atoms with Gasteiger partial charge in [0.05, 0.1) is 12.1 Å². The molecule has 3 rings (SSSR count). The minimum absolute atomic E-state index is 0.127. The number of carbonyl (C=O) groups is 1. The predicted molar refractivity (Wildman–Crippen MR) is 159 cm³/mol. The average molecular weight is 561 g/mol. The molecule has 0 bridgehead atoms. The van der Waals surface area contributed by atoms with E-state index in [0.29, 0.717) is 5.92 Å². The van der Waals surface area contributed by atoms with Crippen molar-refractivity contribution in [1.29, 1.82) is 0 Å². The number of nitrogens with one attached hydrogen (secondary N) is 2. The maximum atomic E-state index is 13.4. The maximum Gasteiger partial charge on any atom is 0.237 e. The van der Waals surface area contributed by atoms with Crippen LogP contribution in [0.15, 0.2) is 47.6 Å². The molecule has 0 aliphatic carbocycles. The number of aliphatic hydroxyl groups excluding tert-OH is 3. The molecule has 5 N–H and O–H groups in total. The molecular formula is C29H44N4O5S. The van der Waals surface area contributed by atoms with E-state index in [0.717, 1.165) is 42.6 Å². The minimum atomic E-state index is -1.39. The second-order valence-electron chi connectivity index (χ2n) is 10.5. The summed E-state index contributed by atoms with van der Waals surface area (Å²) in [7, 11) is 1.96. The number of likely N-dealkylation sites (N-methyl/N-ethyl adjacent to an activating group) is 1. The summed E-state index contributed by atoms with van der Waals surface area (Å²) < 4.78 is 6.04. The van der Waals surface area contributed by atoms with Crippen LogP contribution >= 0.6 is 11.8 Å². The number of amides is 1. The number of rotatable bonds is 12. The number of nitrogens with zero attached hydrogens (tertiary/aromatic N) is 2. The first kappa shape index (κ1) is 31.3. The van der Waals surface area contributed by atoms with Crippen LogP contribution in [-0.4, -0.2) is 101 Å². The molecule has 39 heavy (non-hydrogen) atoms. The first-order valence-electron chi connectivity index (χ1n) is 13.6. The number of aliphatic hydroxyl groups is 3. The number of thioether (sulfide) groups is 1. The number of allylic oxidation sites excluding steroid dienone is 3. The normalized spacial score (nSPS) is 30.8. The van der Waals surface area contributed by atoms with Crippen molar-refractivity contribution in [3.8, 4) is 0 Å². The summed E-state index contributed by atoms with van der Waals surface area (Å²) in [6, 6.07) is 6.96. The highest BCUT2D eigenvalue weighted by atomic mass is 32.2. The third-order valence-corrected chi connectivity index (χ3v) is 8.46. The van der Waals surface area contributed by atoms with Crippen molar-refractivity contribution in [3.05, 3.63) is 48.2 Å². The van der Waals surface area contributed by atoms with E-state index in [9.17, 15) is 20.1 Å². The topological polar surface area (TPSA) is 127 Å². The zero-order valence-electron chi connectivity index (χ0n) is 23.4. The molecule has 10 heteroatoms. The lowest BCUT2D eigenvalue weighted by Gasteiger charge is -2.43. The lowest BCUT2D eigenvalue weighted by molar-refractivity contribution is -0.204. The highest BCUT2D eigenvalue weighted by Crippen LogP contribution is 2.30. The van der Waals surface area contributed by atoms with E-state index in [4.69, 9.17) is 4.74 Å². The number of aliphatic imine (C=N–C) groups is 1. The van der Waals surface area contributed by atoms with E-state index in [1.807, 2.05) is 50.4 Å². The Morgan fingerprint density at radius 3 is 2.62 bits per heavy atom.